The summed E-state index contributed by atoms with van der Waals surface area (Å²) in [6.07, 6.45) is 4.72. The monoisotopic (exact) mass is 297 g/mol. The maximum atomic E-state index is 12.0. The molecule has 0 radical (unpaired) electrons. The van der Waals surface area contributed by atoms with E-state index in [4.69, 9.17) is 0 Å². The SMILES string of the molecule is CC(C)(C)c1ncc(S(C)(=O)=O)c([C@@H]2CCCNC2)n1. The van der Waals surface area contributed by atoms with Gasteiger partial charge >= 0.3 is 0 Å². The van der Waals surface area contributed by atoms with Gasteiger partial charge in [0.05, 0.1) is 5.69 Å². The second kappa shape index (κ2) is 5.41. The lowest BCUT2D eigenvalue weighted by Gasteiger charge is -2.25. The van der Waals surface area contributed by atoms with E-state index in [1.54, 1.807) is 0 Å². The number of nitrogens with one attached hydrogen (secondary N) is 1. The largest absolute Gasteiger partial charge is 0.316 e. The molecule has 5 nitrogen and oxygen atoms in total. The molecule has 112 valence electrons. The summed E-state index contributed by atoms with van der Waals surface area (Å²) in [6, 6.07) is 0. The fraction of sp³-hybridized carbons (Fsp3) is 0.714. The van der Waals surface area contributed by atoms with Crippen LogP contribution in [0.15, 0.2) is 11.1 Å². The molecule has 1 atom stereocenters. The van der Waals surface area contributed by atoms with Crippen molar-refractivity contribution in [3.8, 4) is 0 Å². The smallest absolute Gasteiger partial charge is 0.178 e. The Morgan fingerprint density at radius 1 is 1.35 bits per heavy atom. The number of hydrogen-bond donors (Lipinski definition) is 1. The molecule has 0 aromatic carbocycles. The number of hydrogen-bond acceptors (Lipinski definition) is 5. The molecule has 0 spiro atoms. The Morgan fingerprint density at radius 3 is 2.55 bits per heavy atom. The van der Waals surface area contributed by atoms with Crippen LogP contribution in [0, 0.1) is 0 Å². The zero-order valence-electron chi connectivity index (χ0n) is 12.6. The molecule has 0 bridgehead atoms. The van der Waals surface area contributed by atoms with Crippen molar-refractivity contribution in [2.45, 2.75) is 49.8 Å². The topological polar surface area (TPSA) is 72.0 Å². The summed E-state index contributed by atoms with van der Waals surface area (Å²) in [7, 11) is -3.30. The third-order valence-electron chi connectivity index (χ3n) is 3.54. The first-order valence-electron chi connectivity index (χ1n) is 6.98. The molecular weight excluding hydrogens is 274 g/mol. The zero-order chi connectivity index (χ0) is 15.0. The van der Waals surface area contributed by atoms with Crippen LogP contribution in [0.2, 0.25) is 0 Å². The van der Waals surface area contributed by atoms with Crippen molar-refractivity contribution in [2.24, 2.45) is 0 Å². The summed E-state index contributed by atoms with van der Waals surface area (Å²) >= 11 is 0. The van der Waals surface area contributed by atoms with Crippen LogP contribution in [0.3, 0.4) is 0 Å². The Bertz CT molecular complexity index is 585. The van der Waals surface area contributed by atoms with E-state index in [-0.39, 0.29) is 16.2 Å². The molecule has 1 saturated heterocycles. The van der Waals surface area contributed by atoms with Crippen LogP contribution >= 0.6 is 0 Å². The van der Waals surface area contributed by atoms with Gasteiger partial charge in [0.25, 0.3) is 0 Å². The molecule has 2 heterocycles. The molecule has 2 rings (SSSR count). The van der Waals surface area contributed by atoms with E-state index in [0.29, 0.717) is 11.5 Å². The van der Waals surface area contributed by atoms with Gasteiger partial charge in [-0.15, -0.1) is 0 Å². The fourth-order valence-corrected chi connectivity index (χ4v) is 3.25. The fourth-order valence-electron chi connectivity index (χ4n) is 2.41. The van der Waals surface area contributed by atoms with Gasteiger partial charge in [0.1, 0.15) is 10.7 Å². The lowest BCUT2D eigenvalue weighted by molar-refractivity contribution is 0.440. The average Bonchev–Trinajstić information content (AvgIpc) is 2.37. The number of aromatic nitrogens is 2. The highest BCUT2D eigenvalue weighted by atomic mass is 32.2. The molecule has 0 saturated carbocycles. The van der Waals surface area contributed by atoms with Crippen molar-refractivity contribution < 1.29 is 8.42 Å². The molecule has 1 fully saturated rings. The molecular formula is C14H23N3O2S. The maximum Gasteiger partial charge on any atom is 0.178 e. The van der Waals surface area contributed by atoms with Gasteiger partial charge in [-0.1, -0.05) is 20.8 Å². The molecule has 1 N–H and O–H groups in total. The van der Waals surface area contributed by atoms with Crippen molar-refractivity contribution in [1.82, 2.24) is 15.3 Å². The molecule has 0 amide bonds. The summed E-state index contributed by atoms with van der Waals surface area (Å²) < 4.78 is 23.9. The van der Waals surface area contributed by atoms with Crippen LogP contribution in [0.25, 0.3) is 0 Å². The van der Waals surface area contributed by atoms with Crippen molar-refractivity contribution in [2.75, 3.05) is 19.3 Å². The summed E-state index contributed by atoms with van der Waals surface area (Å²) in [4.78, 5) is 9.14. The highest BCUT2D eigenvalue weighted by Crippen LogP contribution is 2.29. The first-order chi connectivity index (χ1) is 9.19. The quantitative estimate of drug-likeness (QED) is 0.898. The highest BCUT2D eigenvalue weighted by molar-refractivity contribution is 7.90. The number of piperidine rings is 1. The van der Waals surface area contributed by atoms with E-state index in [9.17, 15) is 8.42 Å². The number of sulfone groups is 1. The molecule has 6 heteroatoms. The van der Waals surface area contributed by atoms with Crippen molar-refractivity contribution in [3.63, 3.8) is 0 Å². The molecule has 1 aliphatic heterocycles. The summed E-state index contributed by atoms with van der Waals surface area (Å²) in [5, 5.41) is 3.31. The maximum absolute atomic E-state index is 12.0. The minimum absolute atomic E-state index is 0.151. The highest BCUT2D eigenvalue weighted by Gasteiger charge is 2.27. The van der Waals surface area contributed by atoms with Gasteiger partial charge in [-0.25, -0.2) is 18.4 Å². The van der Waals surface area contributed by atoms with E-state index >= 15 is 0 Å². The summed E-state index contributed by atoms with van der Waals surface area (Å²) in [5.74, 6) is 0.850. The van der Waals surface area contributed by atoms with Gasteiger partial charge in [-0.3, -0.25) is 0 Å². The van der Waals surface area contributed by atoms with E-state index in [1.807, 2.05) is 20.8 Å². The minimum atomic E-state index is -3.30. The lowest BCUT2D eigenvalue weighted by Crippen LogP contribution is -2.30. The molecule has 0 unspecified atom stereocenters. The van der Waals surface area contributed by atoms with E-state index in [0.717, 1.165) is 25.9 Å². The molecule has 1 aromatic heterocycles. The molecule has 0 aliphatic carbocycles. The van der Waals surface area contributed by atoms with Gasteiger partial charge in [0.15, 0.2) is 9.84 Å². The Hall–Kier alpha value is -1.01. The molecule has 1 aromatic rings. The Labute approximate surface area is 121 Å². The number of rotatable bonds is 2. The van der Waals surface area contributed by atoms with Crippen LogP contribution in [0.4, 0.5) is 0 Å². The van der Waals surface area contributed by atoms with Crippen LogP contribution in [0.5, 0.6) is 0 Å². The predicted molar refractivity (Wildman–Crippen MR) is 78.7 cm³/mol. The van der Waals surface area contributed by atoms with E-state index < -0.39 is 9.84 Å². The molecule has 20 heavy (non-hydrogen) atoms. The van der Waals surface area contributed by atoms with Crippen LogP contribution < -0.4 is 5.32 Å². The summed E-state index contributed by atoms with van der Waals surface area (Å²) in [6.45, 7) is 7.87. The normalized spacial score (nSPS) is 20.9. The van der Waals surface area contributed by atoms with Crippen LogP contribution in [-0.4, -0.2) is 37.7 Å². The van der Waals surface area contributed by atoms with Gasteiger partial charge in [-0.2, -0.15) is 0 Å². The minimum Gasteiger partial charge on any atom is -0.316 e. The van der Waals surface area contributed by atoms with Crippen LogP contribution in [0.1, 0.15) is 51.0 Å². The van der Waals surface area contributed by atoms with Gasteiger partial charge in [0, 0.05) is 30.3 Å². The third kappa shape index (κ3) is 3.35. The van der Waals surface area contributed by atoms with E-state index in [2.05, 4.69) is 15.3 Å². The zero-order valence-corrected chi connectivity index (χ0v) is 13.4. The standard InChI is InChI=1S/C14H23N3O2S/c1-14(2,3)13-16-9-11(20(4,18)19)12(17-13)10-6-5-7-15-8-10/h9-10,15H,5-8H2,1-4H3/t10-/m1/s1. The van der Waals surface area contributed by atoms with Gasteiger partial charge < -0.3 is 5.32 Å². The first-order valence-corrected chi connectivity index (χ1v) is 8.87. The Morgan fingerprint density at radius 2 is 2.05 bits per heavy atom. The summed E-state index contributed by atoms with van der Waals surface area (Å²) in [5.41, 5.74) is 0.493. The van der Waals surface area contributed by atoms with Crippen molar-refractivity contribution in [1.29, 1.82) is 0 Å². The van der Waals surface area contributed by atoms with E-state index in [1.165, 1.54) is 12.5 Å². The van der Waals surface area contributed by atoms with Crippen molar-refractivity contribution >= 4 is 9.84 Å². The second-order valence-electron chi connectivity index (χ2n) is 6.51. The Kier molecular flexibility index (Phi) is 4.16. The second-order valence-corrected chi connectivity index (χ2v) is 8.49. The van der Waals surface area contributed by atoms with Gasteiger partial charge in [-0.05, 0) is 19.4 Å². The van der Waals surface area contributed by atoms with Gasteiger partial charge in [0.2, 0.25) is 0 Å². The van der Waals surface area contributed by atoms with Crippen molar-refractivity contribution in [3.05, 3.63) is 17.7 Å². The van der Waals surface area contributed by atoms with Crippen LogP contribution in [-0.2, 0) is 15.3 Å². The predicted octanol–water partition coefficient (Wildman–Crippen LogP) is 1.64. The third-order valence-corrected chi connectivity index (χ3v) is 4.65. The number of nitrogens with zero attached hydrogens (tertiary/aromatic N) is 2. The Balaban J connectivity index is 2.53. The lowest BCUT2D eigenvalue weighted by atomic mass is 9.93. The molecule has 1 aliphatic rings. The first kappa shape index (κ1) is 15.4. The average molecular weight is 297 g/mol.